The van der Waals surface area contributed by atoms with Crippen LogP contribution in [0, 0.1) is 13.8 Å². The van der Waals surface area contributed by atoms with E-state index in [1.807, 2.05) is 13.8 Å². The van der Waals surface area contributed by atoms with Crippen molar-refractivity contribution in [1.29, 1.82) is 0 Å². The average Bonchev–Trinajstić information content (AvgIpc) is 2.27. The lowest BCUT2D eigenvalue weighted by Crippen LogP contribution is -2.07. The van der Waals surface area contributed by atoms with Crippen LogP contribution in [0.15, 0.2) is 18.2 Å². The Morgan fingerprint density at radius 1 is 1.00 bits per heavy atom. The number of rotatable bonds is 2. The van der Waals surface area contributed by atoms with E-state index in [4.69, 9.17) is 28.9 Å². The van der Waals surface area contributed by atoms with Crippen molar-refractivity contribution in [2.24, 2.45) is 5.73 Å². The van der Waals surface area contributed by atoms with Gasteiger partial charge >= 0.3 is 0 Å². The first-order chi connectivity index (χ1) is 8.51. The molecular formula is C13H13Cl2N3. The molecule has 1 heterocycles. The first kappa shape index (κ1) is 13.3. The second-order valence-electron chi connectivity index (χ2n) is 4.06. The van der Waals surface area contributed by atoms with Gasteiger partial charge in [0, 0.05) is 39.1 Å². The third-order valence-electron chi connectivity index (χ3n) is 2.75. The molecule has 0 spiro atoms. The number of aromatic nitrogens is 2. The lowest BCUT2D eigenvalue weighted by Gasteiger charge is -2.09. The molecule has 0 aliphatic rings. The molecule has 0 bridgehead atoms. The minimum absolute atomic E-state index is 0.439. The molecule has 2 rings (SSSR count). The molecule has 0 atom stereocenters. The fraction of sp³-hybridized carbons (Fsp3) is 0.231. The quantitative estimate of drug-likeness (QED) is 0.916. The molecule has 0 radical (unpaired) electrons. The van der Waals surface area contributed by atoms with Crippen LogP contribution in [0.2, 0.25) is 10.0 Å². The Labute approximate surface area is 116 Å². The van der Waals surface area contributed by atoms with E-state index in [0.29, 0.717) is 22.4 Å². The summed E-state index contributed by atoms with van der Waals surface area (Å²) in [6.07, 6.45) is 0. The average molecular weight is 282 g/mol. The number of benzene rings is 1. The molecule has 94 valence electrons. The second-order valence-corrected chi connectivity index (χ2v) is 4.93. The van der Waals surface area contributed by atoms with Crippen molar-refractivity contribution in [1.82, 2.24) is 9.97 Å². The van der Waals surface area contributed by atoms with Crippen LogP contribution in [0.5, 0.6) is 0 Å². The van der Waals surface area contributed by atoms with Crippen LogP contribution in [0.4, 0.5) is 0 Å². The predicted molar refractivity (Wildman–Crippen MR) is 74.9 cm³/mol. The van der Waals surface area contributed by atoms with Gasteiger partial charge in [-0.05, 0) is 32.0 Å². The molecule has 2 N–H and O–H groups in total. The van der Waals surface area contributed by atoms with Crippen molar-refractivity contribution >= 4 is 23.2 Å². The zero-order valence-corrected chi connectivity index (χ0v) is 11.7. The maximum absolute atomic E-state index is 5.98. The summed E-state index contributed by atoms with van der Waals surface area (Å²) in [5.41, 5.74) is 9.22. The van der Waals surface area contributed by atoms with Crippen LogP contribution >= 0.6 is 23.2 Å². The highest BCUT2D eigenvalue weighted by molar-refractivity contribution is 6.35. The lowest BCUT2D eigenvalue weighted by molar-refractivity contribution is 0.939. The monoisotopic (exact) mass is 281 g/mol. The molecular weight excluding hydrogens is 269 g/mol. The Bertz CT molecular complexity index is 554. The van der Waals surface area contributed by atoms with Gasteiger partial charge in [-0.2, -0.15) is 0 Å². The summed E-state index contributed by atoms with van der Waals surface area (Å²) in [4.78, 5) is 8.90. The van der Waals surface area contributed by atoms with E-state index in [1.54, 1.807) is 18.2 Å². The van der Waals surface area contributed by atoms with E-state index in [-0.39, 0.29) is 0 Å². The van der Waals surface area contributed by atoms with Gasteiger partial charge in [-0.3, -0.25) is 0 Å². The standard InChI is InChI=1S/C13H13Cl2N3/c1-7-12(6-16)8(2)18-13(17-7)9-3-10(14)5-11(15)4-9/h3-5H,6,16H2,1-2H3. The summed E-state index contributed by atoms with van der Waals surface area (Å²) in [5.74, 6) is 0.617. The molecule has 0 fully saturated rings. The zero-order valence-electron chi connectivity index (χ0n) is 10.2. The molecule has 0 saturated heterocycles. The minimum atomic E-state index is 0.439. The fourth-order valence-corrected chi connectivity index (χ4v) is 2.37. The summed E-state index contributed by atoms with van der Waals surface area (Å²) in [6, 6.07) is 5.27. The Morgan fingerprint density at radius 2 is 1.50 bits per heavy atom. The molecule has 0 unspecified atom stereocenters. The highest BCUT2D eigenvalue weighted by Gasteiger charge is 2.10. The molecule has 3 nitrogen and oxygen atoms in total. The van der Waals surface area contributed by atoms with Crippen LogP contribution in [-0.4, -0.2) is 9.97 Å². The van der Waals surface area contributed by atoms with E-state index in [9.17, 15) is 0 Å². The van der Waals surface area contributed by atoms with Crippen LogP contribution < -0.4 is 5.73 Å². The van der Waals surface area contributed by atoms with Crippen molar-refractivity contribution in [3.63, 3.8) is 0 Å². The van der Waals surface area contributed by atoms with E-state index in [0.717, 1.165) is 22.5 Å². The third-order valence-corrected chi connectivity index (χ3v) is 3.18. The normalized spacial score (nSPS) is 10.7. The number of halogens is 2. The van der Waals surface area contributed by atoms with E-state index in [2.05, 4.69) is 9.97 Å². The number of hydrogen-bond donors (Lipinski definition) is 1. The van der Waals surface area contributed by atoms with Gasteiger partial charge in [-0.25, -0.2) is 9.97 Å². The molecule has 1 aromatic heterocycles. The molecule has 0 saturated carbocycles. The van der Waals surface area contributed by atoms with Crippen LogP contribution in [0.25, 0.3) is 11.4 Å². The number of aryl methyl sites for hydroxylation is 2. The zero-order chi connectivity index (χ0) is 13.3. The van der Waals surface area contributed by atoms with E-state index < -0.39 is 0 Å². The fourth-order valence-electron chi connectivity index (χ4n) is 1.85. The Balaban J connectivity index is 2.58. The van der Waals surface area contributed by atoms with E-state index >= 15 is 0 Å². The number of hydrogen-bond acceptors (Lipinski definition) is 3. The summed E-state index contributed by atoms with van der Waals surface area (Å²) >= 11 is 12.0. The SMILES string of the molecule is Cc1nc(-c2cc(Cl)cc(Cl)c2)nc(C)c1CN. The van der Waals surface area contributed by atoms with Gasteiger partial charge in [0.2, 0.25) is 0 Å². The molecule has 18 heavy (non-hydrogen) atoms. The molecule has 2 aromatic rings. The number of nitrogens with two attached hydrogens (primary N) is 1. The van der Waals surface area contributed by atoms with Gasteiger partial charge < -0.3 is 5.73 Å². The largest absolute Gasteiger partial charge is 0.326 e. The summed E-state index contributed by atoms with van der Waals surface area (Å²) < 4.78 is 0. The minimum Gasteiger partial charge on any atom is -0.326 e. The highest BCUT2D eigenvalue weighted by atomic mass is 35.5. The molecule has 0 amide bonds. The molecule has 1 aromatic carbocycles. The van der Waals surface area contributed by atoms with Gasteiger partial charge in [0.05, 0.1) is 0 Å². The lowest BCUT2D eigenvalue weighted by atomic mass is 10.1. The van der Waals surface area contributed by atoms with E-state index in [1.165, 1.54) is 0 Å². The van der Waals surface area contributed by atoms with Crippen molar-refractivity contribution in [3.8, 4) is 11.4 Å². The summed E-state index contributed by atoms with van der Waals surface area (Å²) in [5, 5.41) is 1.14. The van der Waals surface area contributed by atoms with Crippen LogP contribution in [0.3, 0.4) is 0 Å². The van der Waals surface area contributed by atoms with Gasteiger partial charge in [-0.1, -0.05) is 23.2 Å². The summed E-state index contributed by atoms with van der Waals surface area (Å²) in [6.45, 7) is 4.29. The van der Waals surface area contributed by atoms with Crippen molar-refractivity contribution in [2.45, 2.75) is 20.4 Å². The topological polar surface area (TPSA) is 51.8 Å². The van der Waals surface area contributed by atoms with Gasteiger partial charge in [-0.15, -0.1) is 0 Å². The van der Waals surface area contributed by atoms with Gasteiger partial charge in [0.1, 0.15) is 0 Å². The Morgan fingerprint density at radius 3 is 1.94 bits per heavy atom. The van der Waals surface area contributed by atoms with Crippen molar-refractivity contribution in [2.75, 3.05) is 0 Å². The summed E-state index contributed by atoms with van der Waals surface area (Å²) in [7, 11) is 0. The Hall–Kier alpha value is -1.16. The van der Waals surface area contributed by atoms with Gasteiger partial charge in [0.15, 0.2) is 5.82 Å². The highest BCUT2D eigenvalue weighted by Crippen LogP contribution is 2.26. The second kappa shape index (κ2) is 5.22. The Kier molecular flexibility index (Phi) is 3.85. The molecule has 5 heteroatoms. The van der Waals surface area contributed by atoms with Crippen molar-refractivity contribution < 1.29 is 0 Å². The first-order valence-electron chi connectivity index (χ1n) is 5.52. The molecule has 0 aliphatic carbocycles. The third kappa shape index (κ3) is 2.64. The smallest absolute Gasteiger partial charge is 0.159 e. The number of nitrogens with zero attached hydrogens (tertiary/aromatic N) is 2. The van der Waals surface area contributed by atoms with Crippen LogP contribution in [0.1, 0.15) is 17.0 Å². The predicted octanol–water partition coefficient (Wildman–Crippen LogP) is 3.53. The maximum Gasteiger partial charge on any atom is 0.159 e. The van der Waals surface area contributed by atoms with Crippen LogP contribution in [-0.2, 0) is 6.54 Å². The van der Waals surface area contributed by atoms with Gasteiger partial charge in [0.25, 0.3) is 0 Å². The maximum atomic E-state index is 5.98. The first-order valence-corrected chi connectivity index (χ1v) is 6.27. The van der Waals surface area contributed by atoms with Crippen molar-refractivity contribution in [3.05, 3.63) is 45.2 Å². The molecule has 0 aliphatic heterocycles.